The van der Waals surface area contributed by atoms with Crippen molar-refractivity contribution in [2.24, 2.45) is 0 Å². The minimum absolute atomic E-state index is 0.335. The molecule has 2 rings (SSSR count). The molecule has 0 aromatic carbocycles. The highest BCUT2D eigenvalue weighted by Crippen LogP contribution is 2.22. The topological polar surface area (TPSA) is 6.48 Å². The van der Waals surface area contributed by atoms with Crippen LogP contribution < -0.4 is 0 Å². The Balaban J connectivity index is 1.99. The van der Waals surface area contributed by atoms with E-state index in [4.69, 9.17) is 0 Å². The molecule has 2 aliphatic rings. The normalized spacial score (nSPS) is 29.9. The summed E-state index contributed by atoms with van der Waals surface area (Å²) in [6, 6.07) is 0.808. The zero-order valence-electron chi connectivity index (χ0n) is 10.4. The Hall–Kier alpha value is -0.340. The van der Waals surface area contributed by atoms with Crippen LogP contribution in [0, 0.1) is 0 Å². The highest BCUT2D eigenvalue weighted by molar-refractivity contribution is 4.98. The highest BCUT2D eigenvalue weighted by Gasteiger charge is 2.28. The van der Waals surface area contributed by atoms with Crippen LogP contribution in [0.2, 0.25) is 0 Å². The summed E-state index contributed by atoms with van der Waals surface area (Å²) in [5.74, 6) is 0. The summed E-state index contributed by atoms with van der Waals surface area (Å²) in [7, 11) is 0. The molecule has 2 nitrogen and oxygen atoms in total. The lowest BCUT2D eigenvalue weighted by molar-refractivity contribution is 0.141. The van der Waals surface area contributed by atoms with Gasteiger partial charge in [0.15, 0.2) is 0 Å². The van der Waals surface area contributed by atoms with Crippen molar-refractivity contribution < 1.29 is 0 Å². The molecule has 0 aliphatic carbocycles. The average Bonchev–Trinajstić information content (AvgIpc) is 2.38. The molecule has 15 heavy (non-hydrogen) atoms. The van der Waals surface area contributed by atoms with Gasteiger partial charge in [0, 0.05) is 37.8 Å². The molecule has 0 radical (unpaired) electrons. The zero-order chi connectivity index (χ0) is 10.9. The number of nitrogens with zero attached hydrogens (tertiary/aromatic N) is 2. The van der Waals surface area contributed by atoms with Crippen molar-refractivity contribution in [1.29, 1.82) is 0 Å². The molecule has 1 unspecified atom stereocenters. The second-order valence-corrected chi connectivity index (χ2v) is 5.80. The molecule has 1 fully saturated rings. The summed E-state index contributed by atoms with van der Waals surface area (Å²) in [4.78, 5) is 5.27. The predicted octanol–water partition coefficient (Wildman–Crippen LogP) is 2.12. The van der Waals surface area contributed by atoms with Crippen molar-refractivity contribution in [3.05, 3.63) is 12.2 Å². The SMILES string of the molecule is CC(C)(C)N1CCC2CC=CCN2CC1. The summed E-state index contributed by atoms with van der Waals surface area (Å²) in [6.07, 6.45) is 7.27. The van der Waals surface area contributed by atoms with Gasteiger partial charge in [0.05, 0.1) is 0 Å². The fraction of sp³-hybridized carbons (Fsp3) is 0.846. The van der Waals surface area contributed by atoms with Crippen LogP contribution in [0.1, 0.15) is 33.6 Å². The van der Waals surface area contributed by atoms with E-state index in [1.807, 2.05) is 0 Å². The Morgan fingerprint density at radius 3 is 2.60 bits per heavy atom. The molecular weight excluding hydrogens is 184 g/mol. The van der Waals surface area contributed by atoms with Crippen molar-refractivity contribution >= 4 is 0 Å². The molecule has 0 bridgehead atoms. The maximum Gasteiger partial charge on any atom is 0.0166 e. The van der Waals surface area contributed by atoms with E-state index in [9.17, 15) is 0 Å². The van der Waals surface area contributed by atoms with Crippen LogP contribution in [0.3, 0.4) is 0 Å². The van der Waals surface area contributed by atoms with E-state index in [1.54, 1.807) is 0 Å². The number of fused-ring (bicyclic) bond motifs is 1. The maximum atomic E-state index is 2.64. The Labute approximate surface area is 93.9 Å². The van der Waals surface area contributed by atoms with Gasteiger partial charge in [0.1, 0.15) is 0 Å². The molecule has 2 heterocycles. The molecule has 2 heteroatoms. The second kappa shape index (κ2) is 4.26. The smallest absolute Gasteiger partial charge is 0.0166 e. The Kier molecular flexibility index (Phi) is 3.17. The lowest BCUT2D eigenvalue weighted by atomic mass is 10.0. The summed E-state index contributed by atoms with van der Waals surface area (Å²) >= 11 is 0. The third-order valence-electron chi connectivity index (χ3n) is 3.77. The predicted molar refractivity (Wildman–Crippen MR) is 65.1 cm³/mol. The fourth-order valence-corrected chi connectivity index (χ4v) is 2.67. The summed E-state index contributed by atoms with van der Waals surface area (Å²) < 4.78 is 0. The Bertz CT molecular complexity index is 221. The number of rotatable bonds is 0. The Morgan fingerprint density at radius 1 is 1.07 bits per heavy atom. The third-order valence-corrected chi connectivity index (χ3v) is 3.77. The third kappa shape index (κ3) is 2.61. The van der Waals surface area contributed by atoms with Crippen molar-refractivity contribution in [2.75, 3.05) is 26.2 Å². The van der Waals surface area contributed by atoms with Gasteiger partial charge in [0.25, 0.3) is 0 Å². The van der Waals surface area contributed by atoms with Gasteiger partial charge in [-0.25, -0.2) is 0 Å². The standard InChI is InChI=1S/C13H24N2/c1-13(2,3)15-9-7-12-6-4-5-8-14(12)10-11-15/h4-5,12H,6-11H2,1-3H3. The largest absolute Gasteiger partial charge is 0.297 e. The highest BCUT2D eigenvalue weighted by atomic mass is 15.3. The molecule has 0 spiro atoms. The number of hydrogen-bond donors (Lipinski definition) is 0. The molecule has 1 saturated heterocycles. The molecule has 2 aliphatic heterocycles. The molecule has 86 valence electrons. The van der Waals surface area contributed by atoms with Crippen LogP contribution in [0.5, 0.6) is 0 Å². The van der Waals surface area contributed by atoms with Gasteiger partial charge >= 0.3 is 0 Å². The average molecular weight is 208 g/mol. The van der Waals surface area contributed by atoms with Crippen molar-refractivity contribution in [1.82, 2.24) is 9.80 Å². The summed E-state index contributed by atoms with van der Waals surface area (Å²) in [5, 5.41) is 0. The van der Waals surface area contributed by atoms with Gasteiger partial charge in [0.2, 0.25) is 0 Å². The van der Waals surface area contributed by atoms with E-state index < -0.39 is 0 Å². The molecular formula is C13H24N2. The van der Waals surface area contributed by atoms with E-state index in [-0.39, 0.29) is 0 Å². The quantitative estimate of drug-likeness (QED) is 0.563. The molecule has 0 aromatic heterocycles. The van der Waals surface area contributed by atoms with Gasteiger partial charge in [-0.05, 0) is 33.6 Å². The van der Waals surface area contributed by atoms with Crippen LogP contribution in [0.15, 0.2) is 12.2 Å². The lowest BCUT2D eigenvalue weighted by Gasteiger charge is -2.34. The molecule has 1 atom stereocenters. The second-order valence-electron chi connectivity index (χ2n) is 5.80. The zero-order valence-corrected chi connectivity index (χ0v) is 10.4. The van der Waals surface area contributed by atoms with Crippen molar-refractivity contribution in [2.45, 2.75) is 45.2 Å². The lowest BCUT2D eigenvalue weighted by Crippen LogP contribution is -2.43. The van der Waals surface area contributed by atoms with E-state index in [0.717, 1.165) is 6.04 Å². The van der Waals surface area contributed by atoms with Crippen LogP contribution >= 0.6 is 0 Å². The van der Waals surface area contributed by atoms with Crippen LogP contribution in [0.4, 0.5) is 0 Å². The summed E-state index contributed by atoms with van der Waals surface area (Å²) in [5.41, 5.74) is 0.335. The molecule has 0 saturated carbocycles. The van der Waals surface area contributed by atoms with E-state index in [0.29, 0.717) is 5.54 Å². The molecule has 0 N–H and O–H groups in total. The van der Waals surface area contributed by atoms with Gasteiger partial charge in [-0.1, -0.05) is 12.2 Å². The first-order valence-electron chi connectivity index (χ1n) is 6.21. The van der Waals surface area contributed by atoms with E-state index >= 15 is 0 Å². The molecule has 0 aromatic rings. The first-order chi connectivity index (χ1) is 7.07. The van der Waals surface area contributed by atoms with Crippen molar-refractivity contribution in [3.63, 3.8) is 0 Å². The summed E-state index contributed by atoms with van der Waals surface area (Å²) in [6.45, 7) is 11.9. The van der Waals surface area contributed by atoms with Crippen molar-refractivity contribution in [3.8, 4) is 0 Å². The van der Waals surface area contributed by atoms with Crippen LogP contribution in [0.25, 0.3) is 0 Å². The van der Waals surface area contributed by atoms with Crippen LogP contribution in [-0.2, 0) is 0 Å². The van der Waals surface area contributed by atoms with Gasteiger partial charge in [-0.2, -0.15) is 0 Å². The minimum atomic E-state index is 0.335. The van der Waals surface area contributed by atoms with Gasteiger partial charge in [-0.3, -0.25) is 9.80 Å². The maximum absolute atomic E-state index is 2.64. The first-order valence-corrected chi connectivity index (χ1v) is 6.21. The first kappa shape index (κ1) is 11.2. The van der Waals surface area contributed by atoms with Gasteiger partial charge in [-0.15, -0.1) is 0 Å². The van der Waals surface area contributed by atoms with E-state index in [1.165, 1.54) is 39.0 Å². The van der Waals surface area contributed by atoms with Crippen LogP contribution in [-0.4, -0.2) is 47.6 Å². The van der Waals surface area contributed by atoms with Gasteiger partial charge < -0.3 is 0 Å². The minimum Gasteiger partial charge on any atom is -0.297 e. The monoisotopic (exact) mass is 208 g/mol. The fourth-order valence-electron chi connectivity index (χ4n) is 2.67. The van der Waals surface area contributed by atoms with E-state index in [2.05, 4.69) is 42.7 Å². The Morgan fingerprint density at radius 2 is 1.87 bits per heavy atom. The molecule has 0 amide bonds. The number of hydrogen-bond acceptors (Lipinski definition) is 2.